The van der Waals surface area contributed by atoms with Gasteiger partial charge in [-0.1, -0.05) is 0 Å². The lowest BCUT2D eigenvalue weighted by molar-refractivity contribution is -0.284. The summed E-state index contributed by atoms with van der Waals surface area (Å²) in [4.78, 5) is 25.6. The SMILES string of the molecule is O=c1cc(Cn2c(CC(C(F)(F)F)C(F)(F)F)nc3nccnc32)c2ccc(F)c(F)c2[nH]1. The summed E-state index contributed by atoms with van der Waals surface area (Å²) in [6.45, 7) is -0.502. The highest BCUT2D eigenvalue weighted by atomic mass is 19.4. The van der Waals surface area contributed by atoms with Crippen molar-refractivity contribution in [3.8, 4) is 0 Å². The van der Waals surface area contributed by atoms with Crippen LogP contribution in [-0.2, 0) is 13.0 Å². The van der Waals surface area contributed by atoms with Gasteiger partial charge < -0.3 is 9.55 Å². The number of imidazole rings is 1. The van der Waals surface area contributed by atoms with Crippen LogP contribution in [0.2, 0.25) is 0 Å². The van der Waals surface area contributed by atoms with Crippen molar-refractivity contribution in [2.24, 2.45) is 5.92 Å². The van der Waals surface area contributed by atoms with Gasteiger partial charge in [-0.05, 0) is 17.7 Å². The van der Waals surface area contributed by atoms with Crippen LogP contribution in [0, 0.1) is 17.6 Å². The van der Waals surface area contributed by atoms with Crippen molar-refractivity contribution in [1.82, 2.24) is 24.5 Å². The van der Waals surface area contributed by atoms with E-state index in [0.717, 1.165) is 35.2 Å². The van der Waals surface area contributed by atoms with Crippen LogP contribution in [0.4, 0.5) is 35.1 Å². The molecule has 0 spiro atoms. The molecule has 3 aromatic heterocycles. The van der Waals surface area contributed by atoms with Crippen LogP contribution in [0.5, 0.6) is 0 Å². The Balaban J connectivity index is 1.89. The summed E-state index contributed by atoms with van der Waals surface area (Å²) in [6.07, 6.45) is -10.5. The van der Waals surface area contributed by atoms with E-state index >= 15 is 0 Å². The minimum absolute atomic E-state index is 0.00517. The van der Waals surface area contributed by atoms with E-state index in [1.807, 2.05) is 0 Å². The minimum atomic E-state index is -5.61. The Hall–Kier alpha value is -3.58. The molecule has 0 aliphatic rings. The zero-order valence-corrected chi connectivity index (χ0v) is 16.1. The van der Waals surface area contributed by atoms with Crippen molar-refractivity contribution in [2.45, 2.75) is 25.3 Å². The highest BCUT2D eigenvalue weighted by molar-refractivity contribution is 5.82. The first-order valence-electron chi connectivity index (χ1n) is 9.15. The zero-order chi connectivity index (χ0) is 24.1. The predicted octanol–water partition coefficient (Wildman–Crippen LogP) is 4.28. The Morgan fingerprint density at radius 3 is 2.33 bits per heavy atom. The van der Waals surface area contributed by atoms with Crippen LogP contribution in [0.3, 0.4) is 0 Å². The highest BCUT2D eigenvalue weighted by Gasteiger charge is 2.56. The molecule has 174 valence electrons. The molecule has 1 aromatic carbocycles. The van der Waals surface area contributed by atoms with Gasteiger partial charge in [0.15, 0.2) is 28.8 Å². The molecule has 0 aliphatic heterocycles. The Morgan fingerprint density at radius 2 is 1.67 bits per heavy atom. The first-order chi connectivity index (χ1) is 15.4. The molecule has 0 atom stereocenters. The van der Waals surface area contributed by atoms with E-state index in [4.69, 9.17) is 0 Å². The van der Waals surface area contributed by atoms with E-state index in [-0.39, 0.29) is 22.2 Å². The zero-order valence-electron chi connectivity index (χ0n) is 16.1. The fraction of sp³-hybridized carbons (Fsp3) is 0.263. The lowest BCUT2D eigenvalue weighted by atomic mass is 10.0. The van der Waals surface area contributed by atoms with Crippen LogP contribution in [0.15, 0.2) is 35.4 Å². The lowest BCUT2D eigenvalue weighted by Crippen LogP contribution is -2.38. The smallest absolute Gasteiger partial charge is 0.319 e. The van der Waals surface area contributed by atoms with Gasteiger partial charge in [0.2, 0.25) is 5.56 Å². The Labute approximate surface area is 177 Å². The van der Waals surface area contributed by atoms with Crippen LogP contribution in [0.25, 0.3) is 22.2 Å². The molecule has 4 rings (SSSR count). The number of hydrogen-bond acceptors (Lipinski definition) is 4. The molecule has 0 amide bonds. The number of H-pyrrole nitrogens is 1. The molecular weight excluding hydrogens is 466 g/mol. The number of nitrogens with one attached hydrogen (secondary N) is 1. The van der Waals surface area contributed by atoms with Crippen molar-refractivity contribution in [1.29, 1.82) is 0 Å². The van der Waals surface area contributed by atoms with Gasteiger partial charge in [-0.2, -0.15) is 26.3 Å². The van der Waals surface area contributed by atoms with Crippen LogP contribution in [0.1, 0.15) is 11.4 Å². The lowest BCUT2D eigenvalue weighted by Gasteiger charge is -2.23. The van der Waals surface area contributed by atoms with Crippen molar-refractivity contribution >= 4 is 22.2 Å². The Kier molecular flexibility index (Phi) is 5.33. The quantitative estimate of drug-likeness (QED) is 0.446. The third kappa shape index (κ3) is 4.24. The number of alkyl halides is 6. The second-order valence-corrected chi connectivity index (χ2v) is 7.10. The third-order valence-corrected chi connectivity index (χ3v) is 4.96. The molecule has 0 saturated carbocycles. The molecule has 6 nitrogen and oxygen atoms in total. The monoisotopic (exact) mass is 477 g/mol. The number of aromatic nitrogens is 5. The molecule has 0 radical (unpaired) electrons. The molecule has 4 aromatic rings. The van der Waals surface area contributed by atoms with Crippen molar-refractivity contribution in [3.63, 3.8) is 0 Å². The summed E-state index contributed by atoms with van der Waals surface area (Å²) in [5.41, 5.74) is -1.73. The highest BCUT2D eigenvalue weighted by Crippen LogP contribution is 2.41. The average Bonchev–Trinajstić information content (AvgIpc) is 3.05. The van der Waals surface area contributed by atoms with E-state index in [1.54, 1.807) is 0 Å². The fourth-order valence-electron chi connectivity index (χ4n) is 3.46. The number of rotatable bonds is 4. The Bertz CT molecular complexity index is 1390. The summed E-state index contributed by atoms with van der Waals surface area (Å²) in [5, 5.41) is -0.00613. The van der Waals surface area contributed by atoms with Gasteiger partial charge in [0.25, 0.3) is 0 Å². The number of nitrogens with zero attached hydrogens (tertiary/aromatic N) is 4. The molecule has 3 heterocycles. The number of halogens is 8. The predicted molar refractivity (Wildman–Crippen MR) is 98.2 cm³/mol. The molecule has 1 N–H and O–H groups in total. The van der Waals surface area contributed by atoms with E-state index in [9.17, 15) is 39.9 Å². The number of hydrogen-bond donors (Lipinski definition) is 1. The van der Waals surface area contributed by atoms with Crippen LogP contribution in [-0.4, -0.2) is 36.9 Å². The summed E-state index contributed by atoms with van der Waals surface area (Å²) in [7, 11) is 0. The Morgan fingerprint density at radius 1 is 1.00 bits per heavy atom. The van der Waals surface area contributed by atoms with Crippen LogP contribution < -0.4 is 5.56 Å². The van der Waals surface area contributed by atoms with Crippen molar-refractivity contribution in [2.75, 3.05) is 0 Å². The summed E-state index contributed by atoms with van der Waals surface area (Å²) in [6, 6.07) is 2.87. The van der Waals surface area contributed by atoms with Gasteiger partial charge in [-0.15, -0.1) is 0 Å². The second-order valence-electron chi connectivity index (χ2n) is 7.10. The standard InChI is InChI=1S/C19H11F8N5O/c20-10-2-1-9-8(5-13(33)31-15(9)14(10)21)7-32-12(30-16-17(32)29-4-3-28-16)6-11(18(22,23)24)19(25,26)27/h1-5,11H,6-7H2,(H,31,33). The minimum Gasteiger partial charge on any atom is -0.319 e. The second kappa shape index (κ2) is 7.78. The summed E-state index contributed by atoms with van der Waals surface area (Å²) < 4.78 is 108. The van der Waals surface area contributed by atoms with Gasteiger partial charge in [0.05, 0.1) is 12.1 Å². The van der Waals surface area contributed by atoms with E-state index < -0.39 is 59.8 Å². The van der Waals surface area contributed by atoms with Crippen molar-refractivity contribution < 1.29 is 35.1 Å². The number of aromatic amines is 1. The maximum absolute atomic E-state index is 14.2. The fourth-order valence-corrected chi connectivity index (χ4v) is 3.46. The van der Waals surface area contributed by atoms with Gasteiger partial charge in [0.1, 0.15) is 5.82 Å². The number of benzene rings is 1. The molecule has 14 heteroatoms. The summed E-state index contributed by atoms with van der Waals surface area (Å²) in [5.74, 6) is -6.99. The molecule has 33 heavy (non-hydrogen) atoms. The number of fused-ring (bicyclic) bond motifs is 2. The maximum Gasteiger partial charge on any atom is 0.400 e. The maximum atomic E-state index is 14.2. The first-order valence-corrected chi connectivity index (χ1v) is 9.15. The topological polar surface area (TPSA) is 76.5 Å². The molecule has 0 saturated heterocycles. The van der Waals surface area contributed by atoms with Gasteiger partial charge >= 0.3 is 12.4 Å². The third-order valence-electron chi connectivity index (χ3n) is 4.96. The molecule has 0 unspecified atom stereocenters. The van der Waals surface area contributed by atoms with E-state index in [0.29, 0.717) is 0 Å². The average molecular weight is 477 g/mol. The molecule has 0 bridgehead atoms. The molecular formula is C19H11F8N5O. The largest absolute Gasteiger partial charge is 0.400 e. The summed E-state index contributed by atoms with van der Waals surface area (Å²) >= 11 is 0. The first kappa shape index (κ1) is 22.6. The van der Waals surface area contributed by atoms with Gasteiger partial charge in [-0.25, -0.2) is 23.7 Å². The van der Waals surface area contributed by atoms with Gasteiger partial charge in [0, 0.05) is 30.3 Å². The number of pyridine rings is 1. The van der Waals surface area contributed by atoms with E-state index in [1.165, 1.54) is 0 Å². The molecule has 0 aliphatic carbocycles. The van der Waals surface area contributed by atoms with Crippen molar-refractivity contribution in [3.05, 3.63) is 64.0 Å². The van der Waals surface area contributed by atoms with E-state index in [2.05, 4.69) is 19.9 Å². The van der Waals surface area contributed by atoms with Gasteiger partial charge in [-0.3, -0.25) is 4.79 Å². The molecule has 0 fully saturated rings. The van der Waals surface area contributed by atoms with Crippen LogP contribution >= 0.6 is 0 Å². The normalized spacial score (nSPS) is 12.9.